The van der Waals surface area contributed by atoms with E-state index in [9.17, 15) is 10.1 Å². The van der Waals surface area contributed by atoms with Gasteiger partial charge < -0.3 is 0 Å². The van der Waals surface area contributed by atoms with E-state index in [-0.39, 0.29) is 16.1 Å². The van der Waals surface area contributed by atoms with Crippen LogP contribution in [0.15, 0.2) is 12.3 Å². The standard InChI is InChI=1S/C9H10Cl2N2O2/c1-2-6(10)3-8-9(13(14)15)4-7(11)5-12-8/h4-6H,2-3H2,1H3. The second kappa shape index (κ2) is 5.28. The van der Waals surface area contributed by atoms with E-state index in [2.05, 4.69) is 4.98 Å². The summed E-state index contributed by atoms with van der Waals surface area (Å²) in [5, 5.41) is 10.8. The molecule has 0 fully saturated rings. The molecular formula is C9H10Cl2N2O2. The van der Waals surface area contributed by atoms with E-state index in [0.29, 0.717) is 12.1 Å². The van der Waals surface area contributed by atoms with E-state index < -0.39 is 4.92 Å². The molecule has 0 N–H and O–H groups in total. The van der Waals surface area contributed by atoms with Gasteiger partial charge in [0.2, 0.25) is 0 Å². The Labute approximate surface area is 97.4 Å². The van der Waals surface area contributed by atoms with E-state index in [1.807, 2.05) is 6.92 Å². The zero-order valence-corrected chi connectivity index (χ0v) is 9.62. The molecule has 0 saturated carbocycles. The van der Waals surface area contributed by atoms with E-state index in [4.69, 9.17) is 23.2 Å². The molecule has 0 amide bonds. The number of halogens is 2. The summed E-state index contributed by atoms with van der Waals surface area (Å²) < 4.78 is 0. The maximum absolute atomic E-state index is 10.7. The average molecular weight is 249 g/mol. The first-order valence-corrected chi connectivity index (χ1v) is 5.29. The summed E-state index contributed by atoms with van der Waals surface area (Å²) in [6.45, 7) is 1.92. The third-order valence-electron chi connectivity index (χ3n) is 1.97. The zero-order chi connectivity index (χ0) is 11.4. The van der Waals surface area contributed by atoms with Gasteiger partial charge in [0.15, 0.2) is 0 Å². The smallest absolute Gasteiger partial charge is 0.258 e. The third kappa shape index (κ3) is 3.32. The predicted molar refractivity (Wildman–Crippen MR) is 59.5 cm³/mol. The Morgan fingerprint density at radius 1 is 1.67 bits per heavy atom. The monoisotopic (exact) mass is 248 g/mol. The molecule has 0 aliphatic carbocycles. The molecule has 0 radical (unpaired) electrons. The summed E-state index contributed by atoms with van der Waals surface area (Å²) in [6, 6.07) is 1.29. The Balaban J connectivity index is 3.01. The molecule has 1 unspecified atom stereocenters. The fraction of sp³-hybridized carbons (Fsp3) is 0.444. The van der Waals surface area contributed by atoms with Crippen molar-refractivity contribution in [1.82, 2.24) is 4.98 Å². The van der Waals surface area contributed by atoms with Gasteiger partial charge in [-0.1, -0.05) is 18.5 Å². The van der Waals surface area contributed by atoms with Crippen LogP contribution in [0.1, 0.15) is 19.0 Å². The van der Waals surface area contributed by atoms with Crippen molar-refractivity contribution < 1.29 is 4.92 Å². The highest BCUT2D eigenvalue weighted by atomic mass is 35.5. The van der Waals surface area contributed by atoms with Crippen LogP contribution in [-0.4, -0.2) is 15.3 Å². The number of hydrogen-bond donors (Lipinski definition) is 0. The normalized spacial score (nSPS) is 12.5. The first-order valence-electron chi connectivity index (χ1n) is 4.47. The second-order valence-corrected chi connectivity index (χ2v) is 4.14. The van der Waals surface area contributed by atoms with Gasteiger partial charge in [-0.05, 0) is 6.42 Å². The maximum atomic E-state index is 10.7. The van der Waals surface area contributed by atoms with Gasteiger partial charge >= 0.3 is 0 Å². The van der Waals surface area contributed by atoms with Crippen molar-refractivity contribution in [3.05, 3.63) is 33.1 Å². The molecule has 6 heteroatoms. The van der Waals surface area contributed by atoms with Crippen LogP contribution in [0.4, 0.5) is 5.69 Å². The van der Waals surface area contributed by atoms with Crippen LogP contribution in [0.3, 0.4) is 0 Å². The van der Waals surface area contributed by atoms with Crippen LogP contribution >= 0.6 is 23.2 Å². The number of aromatic nitrogens is 1. The molecule has 4 nitrogen and oxygen atoms in total. The predicted octanol–water partition coefficient (Wildman–Crippen LogP) is 3.20. The molecule has 1 aromatic rings. The van der Waals surface area contributed by atoms with Gasteiger partial charge in [-0.3, -0.25) is 15.1 Å². The van der Waals surface area contributed by atoms with Gasteiger partial charge in [0.1, 0.15) is 5.69 Å². The van der Waals surface area contributed by atoms with Gasteiger partial charge in [-0.25, -0.2) is 0 Å². The Morgan fingerprint density at radius 2 is 2.33 bits per heavy atom. The van der Waals surface area contributed by atoms with Crippen LogP contribution < -0.4 is 0 Å². The van der Waals surface area contributed by atoms with E-state index in [1.54, 1.807) is 0 Å². The number of nitrogens with zero attached hydrogens (tertiary/aromatic N) is 2. The van der Waals surface area contributed by atoms with Crippen molar-refractivity contribution in [1.29, 1.82) is 0 Å². The minimum absolute atomic E-state index is 0.0680. The topological polar surface area (TPSA) is 56.0 Å². The summed E-state index contributed by atoms with van der Waals surface area (Å²) >= 11 is 11.6. The highest BCUT2D eigenvalue weighted by Gasteiger charge is 2.18. The molecule has 82 valence electrons. The Kier molecular flexibility index (Phi) is 4.29. The van der Waals surface area contributed by atoms with Crippen LogP contribution in [0.2, 0.25) is 5.02 Å². The largest absolute Gasteiger partial charge is 0.292 e. The molecule has 0 spiro atoms. The fourth-order valence-corrected chi connectivity index (χ4v) is 1.42. The molecule has 0 aromatic carbocycles. The van der Waals surface area contributed by atoms with Gasteiger partial charge in [0, 0.05) is 24.1 Å². The molecule has 0 aliphatic rings. The fourth-order valence-electron chi connectivity index (χ4n) is 1.13. The average Bonchev–Trinajstić information content (AvgIpc) is 2.20. The molecule has 0 bridgehead atoms. The summed E-state index contributed by atoms with van der Waals surface area (Å²) in [5.41, 5.74) is 0.313. The third-order valence-corrected chi connectivity index (χ3v) is 2.64. The number of pyridine rings is 1. The van der Waals surface area contributed by atoms with Crippen molar-refractivity contribution >= 4 is 28.9 Å². The molecule has 1 atom stereocenters. The lowest BCUT2D eigenvalue weighted by atomic mass is 10.1. The quantitative estimate of drug-likeness (QED) is 0.467. The summed E-state index contributed by atoms with van der Waals surface area (Å²) in [6.07, 6.45) is 2.51. The van der Waals surface area contributed by atoms with Gasteiger partial charge in [0.25, 0.3) is 5.69 Å². The number of rotatable bonds is 4. The SMILES string of the molecule is CCC(Cl)Cc1ncc(Cl)cc1[N+](=O)[O-]. The Bertz CT molecular complexity index is 371. The second-order valence-electron chi connectivity index (χ2n) is 3.09. The van der Waals surface area contributed by atoms with Crippen molar-refractivity contribution in [3.63, 3.8) is 0 Å². The first-order chi connectivity index (χ1) is 7.04. The van der Waals surface area contributed by atoms with Crippen molar-refractivity contribution in [2.45, 2.75) is 25.1 Å². The number of alkyl halides is 1. The Hall–Kier alpha value is -0.870. The molecule has 0 saturated heterocycles. The Morgan fingerprint density at radius 3 is 2.87 bits per heavy atom. The van der Waals surface area contributed by atoms with Gasteiger partial charge in [-0.2, -0.15) is 0 Å². The molecular weight excluding hydrogens is 239 g/mol. The van der Waals surface area contributed by atoms with E-state index >= 15 is 0 Å². The van der Waals surface area contributed by atoms with Gasteiger partial charge in [0.05, 0.1) is 9.95 Å². The lowest BCUT2D eigenvalue weighted by Crippen LogP contribution is -2.06. The molecule has 0 aliphatic heterocycles. The first kappa shape index (κ1) is 12.2. The molecule has 15 heavy (non-hydrogen) atoms. The van der Waals surface area contributed by atoms with Crippen LogP contribution in [0.5, 0.6) is 0 Å². The van der Waals surface area contributed by atoms with Crippen molar-refractivity contribution in [3.8, 4) is 0 Å². The van der Waals surface area contributed by atoms with Crippen LogP contribution in [0.25, 0.3) is 0 Å². The highest BCUT2D eigenvalue weighted by molar-refractivity contribution is 6.30. The molecule has 1 aromatic heterocycles. The van der Waals surface area contributed by atoms with Crippen molar-refractivity contribution in [2.24, 2.45) is 0 Å². The minimum atomic E-state index is -0.493. The van der Waals surface area contributed by atoms with Crippen LogP contribution in [-0.2, 0) is 6.42 Å². The summed E-state index contributed by atoms with van der Waals surface area (Å²) in [7, 11) is 0. The number of hydrogen-bond acceptors (Lipinski definition) is 3. The summed E-state index contributed by atoms with van der Waals surface area (Å²) in [5.74, 6) is 0. The van der Waals surface area contributed by atoms with Crippen LogP contribution in [0, 0.1) is 10.1 Å². The molecule has 1 heterocycles. The zero-order valence-electron chi connectivity index (χ0n) is 8.11. The van der Waals surface area contributed by atoms with E-state index in [1.165, 1.54) is 12.3 Å². The van der Waals surface area contributed by atoms with Crippen molar-refractivity contribution in [2.75, 3.05) is 0 Å². The van der Waals surface area contributed by atoms with E-state index in [0.717, 1.165) is 6.42 Å². The lowest BCUT2D eigenvalue weighted by Gasteiger charge is -2.06. The number of nitro groups is 1. The minimum Gasteiger partial charge on any atom is -0.258 e. The summed E-state index contributed by atoms with van der Waals surface area (Å²) in [4.78, 5) is 14.1. The lowest BCUT2D eigenvalue weighted by molar-refractivity contribution is -0.385. The van der Waals surface area contributed by atoms with Gasteiger partial charge in [-0.15, -0.1) is 11.6 Å². The molecule has 1 rings (SSSR count). The maximum Gasteiger partial charge on any atom is 0.292 e. The highest BCUT2D eigenvalue weighted by Crippen LogP contribution is 2.23.